The van der Waals surface area contributed by atoms with Crippen LogP contribution in [0.1, 0.15) is 44.1 Å². The highest BCUT2D eigenvalue weighted by molar-refractivity contribution is 5.80. The molecule has 0 radical (unpaired) electrons. The van der Waals surface area contributed by atoms with Crippen molar-refractivity contribution in [1.82, 2.24) is 15.5 Å². The van der Waals surface area contributed by atoms with Gasteiger partial charge in [-0.15, -0.1) is 0 Å². The summed E-state index contributed by atoms with van der Waals surface area (Å²) in [4.78, 5) is 6.97. The fourth-order valence-corrected chi connectivity index (χ4v) is 5.01. The van der Waals surface area contributed by atoms with Crippen LogP contribution in [0, 0.1) is 11.3 Å². The number of nitrogens with zero attached hydrogens (tertiary/aromatic N) is 2. The van der Waals surface area contributed by atoms with Gasteiger partial charge in [-0.3, -0.25) is 9.89 Å². The summed E-state index contributed by atoms with van der Waals surface area (Å²) in [5.74, 6) is 3.62. The van der Waals surface area contributed by atoms with E-state index in [4.69, 9.17) is 9.47 Å². The van der Waals surface area contributed by atoms with Crippen LogP contribution in [0.3, 0.4) is 0 Å². The van der Waals surface area contributed by atoms with Gasteiger partial charge in [-0.25, -0.2) is 0 Å². The van der Waals surface area contributed by atoms with Gasteiger partial charge in [-0.05, 0) is 61.1 Å². The first kappa shape index (κ1) is 20.3. The highest BCUT2D eigenvalue weighted by Gasteiger charge is 2.48. The second-order valence-electron chi connectivity index (χ2n) is 9.00. The van der Waals surface area contributed by atoms with Crippen LogP contribution in [0.15, 0.2) is 23.2 Å². The summed E-state index contributed by atoms with van der Waals surface area (Å²) in [5, 5.41) is 7.30. The molecule has 0 spiro atoms. The largest absolute Gasteiger partial charge is 0.497 e. The Morgan fingerprint density at radius 2 is 1.86 bits per heavy atom. The Kier molecular flexibility index (Phi) is 6.18. The van der Waals surface area contributed by atoms with Crippen molar-refractivity contribution >= 4 is 5.96 Å². The maximum Gasteiger partial charge on any atom is 0.191 e. The van der Waals surface area contributed by atoms with Gasteiger partial charge in [0.25, 0.3) is 0 Å². The van der Waals surface area contributed by atoms with Crippen LogP contribution < -0.4 is 20.1 Å². The van der Waals surface area contributed by atoms with Crippen LogP contribution in [-0.2, 0) is 6.54 Å². The summed E-state index contributed by atoms with van der Waals surface area (Å²) in [7, 11) is 5.28. The van der Waals surface area contributed by atoms with Gasteiger partial charge in [-0.1, -0.05) is 6.42 Å². The molecule has 1 aromatic rings. The molecule has 6 heteroatoms. The molecule has 1 aromatic carbocycles. The number of methoxy groups -OCH3 is 2. The Hall–Kier alpha value is -1.95. The maximum atomic E-state index is 5.40. The zero-order valence-electron chi connectivity index (χ0n) is 18.2. The minimum absolute atomic E-state index is 0.437. The summed E-state index contributed by atoms with van der Waals surface area (Å²) in [5.41, 5.74) is 1.78. The number of ether oxygens (including phenoxy) is 2. The lowest BCUT2D eigenvalue weighted by Gasteiger charge is -2.43. The van der Waals surface area contributed by atoms with Crippen molar-refractivity contribution in [2.75, 3.05) is 40.9 Å². The predicted molar refractivity (Wildman–Crippen MR) is 117 cm³/mol. The standard InChI is InChI=1S/C23H36N4O2/c1-24-22(25-16-23(8-4-9-23)18-5-6-18)26-19-7-10-27(15-19)14-17-11-20(28-2)13-21(12-17)29-3/h11-13,18-19H,4-10,14-16H2,1-3H3,(H2,24,25,26). The second kappa shape index (κ2) is 8.82. The lowest BCUT2D eigenvalue weighted by atomic mass is 9.65. The summed E-state index contributed by atoms with van der Waals surface area (Å²) >= 11 is 0. The Labute approximate surface area is 175 Å². The number of hydrogen-bond donors (Lipinski definition) is 2. The van der Waals surface area contributed by atoms with Crippen molar-refractivity contribution in [3.05, 3.63) is 23.8 Å². The molecule has 3 fully saturated rings. The van der Waals surface area contributed by atoms with E-state index in [2.05, 4.69) is 32.7 Å². The molecule has 3 aliphatic rings. The summed E-state index contributed by atoms with van der Waals surface area (Å²) in [6.45, 7) is 4.09. The second-order valence-corrected chi connectivity index (χ2v) is 9.00. The lowest BCUT2D eigenvalue weighted by Crippen LogP contribution is -2.50. The number of aliphatic imine (C=N–C) groups is 1. The highest BCUT2D eigenvalue weighted by atomic mass is 16.5. The average Bonchev–Trinajstić information content (AvgIpc) is 3.46. The third kappa shape index (κ3) is 4.80. The molecule has 2 aliphatic carbocycles. The Morgan fingerprint density at radius 3 is 2.41 bits per heavy atom. The van der Waals surface area contributed by atoms with E-state index in [1.807, 2.05) is 13.1 Å². The number of benzene rings is 1. The van der Waals surface area contributed by atoms with Crippen molar-refractivity contribution < 1.29 is 9.47 Å². The van der Waals surface area contributed by atoms with Gasteiger partial charge < -0.3 is 20.1 Å². The van der Waals surface area contributed by atoms with E-state index in [0.29, 0.717) is 11.5 Å². The average molecular weight is 401 g/mol. The maximum absolute atomic E-state index is 5.40. The van der Waals surface area contributed by atoms with E-state index >= 15 is 0 Å². The smallest absolute Gasteiger partial charge is 0.191 e. The van der Waals surface area contributed by atoms with E-state index in [1.165, 1.54) is 37.7 Å². The van der Waals surface area contributed by atoms with Gasteiger partial charge in [0.05, 0.1) is 14.2 Å². The van der Waals surface area contributed by atoms with Crippen molar-refractivity contribution in [2.45, 2.75) is 51.1 Å². The van der Waals surface area contributed by atoms with Crippen LogP contribution >= 0.6 is 0 Å². The number of rotatable bonds is 8. The molecule has 6 nitrogen and oxygen atoms in total. The Bertz CT molecular complexity index is 705. The van der Waals surface area contributed by atoms with Gasteiger partial charge in [-0.2, -0.15) is 0 Å². The van der Waals surface area contributed by atoms with Gasteiger partial charge in [0.2, 0.25) is 0 Å². The lowest BCUT2D eigenvalue weighted by molar-refractivity contribution is 0.105. The molecule has 0 amide bonds. The summed E-state index contributed by atoms with van der Waals surface area (Å²) in [6.07, 6.45) is 8.18. The fraction of sp³-hybridized carbons (Fsp3) is 0.696. The fourth-order valence-electron chi connectivity index (χ4n) is 5.01. The topological polar surface area (TPSA) is 58.1 Å². The molecule has 1 unspecified atom stereocenters. The van der Waals surface area contributed by atoms with Crippen LogP contribution in [-0.4, -0.2) is 57.8 Å². The van der Waals surface area contributed by atoms with Crippen LogP contribution in [0.25, 0.3) is 0 Å². The van der Waals surface area contributed by atoms with Crippen molar-refractivity contribution in [1.29, 1.82) is 0 Å². The third-order valence-electron chi connectivity index (χ3n) is 7.05. The molecule has 0 bridgehead atoms. The Balaban J connectivity index is 1.27. The SMILES string of the molecule is CN=C(NCC1(C2CC2)CCC1)NC1CCN(Cc2cc(OC)cc(OC)c2)C1. The molecule has 1 saturated heterocycles. The molecule has 29 heavy (non-hydrogen) atoms. The van der Waals surface area contributed by atoms with E-state index < -0.39 is 0 Å². The van der Waals surface area contributed by atoms with Crippen molar-refractivity contribution in [3.63, 3.8) is 0 Å². The first-order valence-electron chi connectivity index (χ1n) is 11.1. The molecule has 1 aliphatic heterocycles. The number of guanidine groups is 1. The number of likely N-dealkylation sites (tertiary alicyclic amines) is 1. The molecule has 4 rings (SSSR count). The predicted octanol–water partition coefficient (Wildman–Crippen LogP) is 3.02. The van der Waals surface area contributed by atoms with Gasteiger partial charge in [0.15, 0.2) is 5.96 Å². The van der Waals surface area contributed by atoms with E-state index in [9.17, 15) is 0 Å². The molecule has 0 aromatic heterocycles. The van der Waals surface area contributed by atoms with Crippen molar-refractivity contribution in [2.24, 2.45) is 16.3 Å². The Morgan fingerprint density at radius 1 is 1.14 bits per heavy atom. The zero-order valence-corrected chi connectivity index (χ0v) is 18.2. The normalized spacial score (nSPS) is 24.1. The number of nitrogens with one attached hydrogen (secondary N) is 2. The first-order chi connectivity index (χ1) is 14.1. The molecule has 2 N–H and O–H groups in total. The molecular formula is C23H36N4O2. The van der Waals surface area contributed by atoms with E-state index in [-0.39, 0.29) is 0 Å². The summed E-state index contributed by atoms with van der Waals surface area (Å²) in [6, 6.07) is 6.55. The number of hydrogen-bond acceptors (Lipinski definition) is 4. The van der Waals surface area contributed by atoms with Crippen LogP contribution in [0.2, 0.25) is 0 Å². The van der Waals surface area contributed by atoms with Crippen LogP contribution in [0.5, 0.6) is 11.5 Å². The highest BCUT2D eigenvalue weighted by Crippen LogP contribution is 2.56. The quantitative estimate of drug-likeness (QED) is 0.519. The summed E-state index contributed by atoms with van der Waals surface area (Å²) < 4.78 is 10.8. The molecule has 2 saturated carbocycles. The van der Waals surface area contributed by atoms with Crippen LogP contribution in [0.4, 0.5) is 0 Å². The minimum Gasteiger partial charge on any atom is -0.497 e. The molecular weight excluding hydrogens is 364 g/mol. The van der Waals surface area contributed by atoms with E-state index in [0.717, 1.165) is 56.0 Å². The first-order valence-corrected chi connectivity index (χ1v) is 11.1. The minimum atomic E-state index is 0.437. The van der Waals surface area contributed by atoms with Crippen molar-refractivity contribution in [3.8, 4) is 11.5 Å². The zero-order chi connectivity index (χ0) is 20.3. The monoisotopic (exact) mass is 400 g/mol. The molecule has 1 heterocycles. The molecule has 1 atom stereocenters. The van der Waals surface area contributed by atoms with E-state index in [1.54, 1.807) is 14.2 Å². The third-order valence-corrected chi connectivity index (χ3v) is 7.05. The van der Waals surface area contributed by atoms with Gasteiger partial charge in [0.1, 0.15) is 11.5 Å². The van der Waals surface area contributed by atoms with Gasteiger partial charge in [0, 0.05) is 45.3 Å². The molecule has 160 valence electrons. The van der Waals surface area contributed by atoms with Gasteiger partial charge >= 0.3 is 0 Å².